The first-order valence-corrected chi connectivity index (χ1v) is 6.04. The number of rotatable bonds is 8. The van der Waals surface area contributed by atoms with Gasteiger partial charge in [-0.3, -0.25) is 0 Å². The van der Waals surface area contributed by atoms with E-state index in [2.05, 4.69) is 20.4 Å². The summed E-state index contributed by atoms with van der Waals surface area (Å²) >= 11 is 0. The van der Waals surface area contributed by atoms with Gasteiger partial charge in [0.15, 0.2) is 0 Å². The van der Waals surface area contributed by atoms with E-state index < -0.39 is 0 Å². The molecule has 0 rings (SSSR count). The molecule has 0 N–H and O–H groups in total. The number of ether oxygens (including phenoxy) is 1. The Balaban J connectivity index is 3.48. The lowest BCUT2D eigenvalue weighted by Gasteiger charge is -2.06. The molecule has 0 bridgehead atoms. The van der Waals surface area contributed by atoms with Crippen LogP contribution in [0.5, 0.6) is 0 Å². The summed E-state index contributed by atoms with van der Waals surface area (Å²) in [4.78, 5) is 11.3. The molecule has 0 saturated heterocycles. The summed E-state index contributed by atoms with van der Waals surface area (Å²) < 4.78 is 5.11. The molecular weight excluding hydrogens is 200 g/mol. The third-order valence-electron chi connectivity index (χ3n) is 2.35. The molecule has 0 aromatic heterocycles. The van der Waals surface area contributed by atoms with E-state index in [1.807, 2.05) is 0 Å². The van der Waals surface area contributed by atoms with Crippen molar-refractivity contribution in [3.05, 3.63) is 24.3 Å². The predicted octanol–water partition coefficient (Wildman–Crippen LogP) is 3.88. The van der Waals surface area contributed by atoms with E-state index in [0.717, 1.165) is 18.8 Å². The highest BCUT2D eigenvalue weighted by molar-refractivity contribution is 5.88. The number of hydrogen-bond donors (Lipinski definition) is 0. The van der Waals surface area contributed by atoms with Gasteiger partial charge >= 0.3 is 5.97 Å². The number of esters is 1. The van der Waals surface area contributed by atoms with Crippen LogP contribution < -0.4 is 0 Å². The lowest BCUT2D eigenvalue weighted by molar-refractivity contribution is -0.139. The summed E-state index contributed by atoms with van der Waals surface area (Å²) in [6.45, 7) is 10.3. The zero-order chi connectivity index (χ0) is 12.4. The van der Waals surface area contributed by atoms with Gasteiger partial charge in [0.2, 0.25) is 0 Å². The molecule has 0 spiro atoms. The van der Waals surface area contributed by atoms with Gasteiger partial charge in [-0.1, -0.05) is 51.8 Å². The average molecular weight is 224 g/mol. The van der Waals surface area contributed by atoms with Crippen molar-refractivity contribution in [1.82, 2.24) is 0 Å². The van der Waals surface area contributed by atoms with Crippen molar-refractivity contribution < 1.29 is 9.53 Å². The Kier molecular flexibility index (Phi) is 8.59. The third-order valence-corrected chi connectivity index (χ3v) is 2.35. The minimum Gasteiger partial charge on any atom is -0.462 e. The van der Waals surface area contributed by atoms with Crippen LogP contribution in [0.3, 0.4) is 0 Å². The second-order valence-electron chi connectivity index (χ2n) is 4.46. The number of allylic oxidation sites excluding steroid dienone is 2. The van der Waals surface area contributed by atoms with E-state index in [1.54, 1.807) is 19.1 Å². The molecule has 0 aromatic rings. The highest BCUT2D eigenvalue weighted by Crippen LogP contribution is 2.08. The Bertz CT molecular complexity index is 239. The standard InChI is InChI=1S/C14H24O2/c1-5-9-13(4)14(15)16-11-8-6-7-10-12(2)3/h5,9,12H,1,6-8,10-11H2,2-4H3. The Labute approximate surface area is 99.4 Å². The zero-order valence-electron chi connectivity index (χ0n) is 10.8. The normalized spacial score (nSPS) is 11.6. The van der Waals surface area contributed by atoms with Crippen LogP contribution in [0.4, 0.5) is 0 Å². The van der Waals surface area contributed by atoms with E-state index in [9.17, 15) is 4.79 Å². The lowest BCUT2D eigenvalue weighted by Crippen LogP contribution is -2.06. The Hall–Kier alpha value is -1.05. The molecule has 0 unspecified atom stereocenters. The smallest absolute Gasteiger partial charge is 0.333 e. The molecule has 0 aromatic carbocycles. The minimum atomic E-state index is -0.233. The highest BCUT2D eigenvalue weighted by Gasteiger charge is 2.03. The van der Waals surface area contributed by atoms with Crippen LogP contribution in [0, 0.1) is 5.92 Å². The maximum Gasteiger partial charge on any atom is 0.333 e. The SMILES string of the molecule is C=CC=C(C)C(=O)OCCCCCC(C)C. The van der Waals surface area contributed by atoms with Crippen molar-refractivity contribution in [3.63, 3.8) is 0 Å². The molecule has 0 fully saturated rings. The number of hydrogen-bond acceptors (Lipinski definition) is 2. The van der Waals surface area contributed by atoms with Gasteiger partial charge in [-0.05, 0) is 19.3 Å². The van der Waals surface area contributed by atoms with Crippen molar-refractivity contribution >= 4 is 5.97 Å². The molecule has 0 aliphatic rings. The van der Waals surface area contributed by atoms with Gasteiger partial charge in [0.25, 0.3) is 0 Å². The van der Waals surface area contributed by atoms with E-state index in [4.69, 9.17) is 4.74 Å². The predicted molar refractivity (Wildman–Crippen MR) is 68.2 cm³/mol. The Morgan fingerprint density at radius 2 is 2.00 bits per heavy atom. The second kappa shape index (κ2) is 9.20. The molecule has 0 aliphatic carbocycles. The molecule has 2 nitrogen and oxygen atoms in total. The van der Waals surface area contributed by atoms with Gasteiger partial charge in [0, 0.05) is 5.57 Å². The van der Waals surface area contributed by atoms with Crippen LogP contribution in [0.25, 0.3) is 0 Å². The monoisotopic (exact) mass is 224 g/mol. The summed E-state index contributed by atoms with van der Waals surface area (Å²) in [5.74, 6) is 0.532. The number of carbonyl (C=O) groups is 1. The topological polar surface area (TPSA) is 26.3 Å². The van der Waals surface area contributed by atoms with Crippen molar-refractivity contribution in [2.24, 2.45) is 5.92 Å². The third kappa shape index (κ3) is 8.27. The molecule has 0 atom stereocenters. The maximum atomic E-state index is 11.3. The van der Waals surface area contributed by atoms with Gasteiger partial charge in [-0.15, -0.1) is 0 Å². The van der Waals surface area contributed by atoms with Crippen LogP contribution in [0.2, 0.25) is 0 Å². The van der Waals surface area contributed by atoms with E-state index >= 15 is 0 Å². The summed E-state index contributed by atoms with van der Waals surface area (Å²) in [7, 11) is 0. The molecule has 16 heavy (non-hydrogen) atoms. The Morgan fingerprint density at radius 3 is 2.56 bits per heavy atom. The first-order valence-electron chi connectivity index (χ1n) is 6.04. The van der Waals surface area contributed by atoms with Gasteiger partial charge < -0.3 is 4.74 Å². The molecule has 2 heteroatoms. The quantitative estimate of drug-likeness (QED) is 0.271. The molecular formula is C14H24O2. The average Bonchev–Trinajstić information content (AvgIpc) is 2.22. The summed E-state index contributed by atoms with van der Waals surface area (Å²) in [6, 6.07) is 0. The van der Waals surface area contributed by atoms with Gasteiger partial charge in [0.1, 0.15) is 0 Å². The first-order chi connectivity index (χ1) is 7.57. The second-order valence-corrected chi connectivity index (χ2v) is 4.46. The van der Waals surface area contributed by atoms with E-state index in [1.165, 1.54) is 12.8 Å². The van der Waals surface area contributed by atoms with Crippen molar-refractivity contribution in [2.45, 2.75) is 46.5 Å². The van der Waals surface area contributed by atoms with Gasteiger partial charge in [0.05, 0.1) is 6.61 Å². The fraction of sp³-hybridized carbons (Fsp3) is 0.643. The van der Waals surface area contributed by atoms with Gasteiger partial charge in [-0.2, -0.15) is 0 Å². The molecule has 0 aliphatic heterocycles. The lowest BCUT2D eigenvalue weighted by atomic mass is 10.1. The molecule has 0 saturated carbocycles. The number of unbranched alkanes of at least 4 members (excludes halogenated alkanes) is 2. The van der Waals surface area contributed by atoms with E-state index in [-0.39, 0.29) is 5.97 Å². The van der Waals surface area contributed by atoms with Crippen molar-refractivity contribution in [2.75, 3.05) is 6.61 Å². The van der Waals surface area contributed by atoms with E-state index in [0.29, 0.717) is 12.2 Å². The molecule has 0 amide bonds. The molecule has 92 valence electrons. The van der Waals surface area contributed by atoms with Crippen LogP contribution in [0.1, 0.15) is 46.5 Å². The zero-order valence-corrected chi connectivity index (χ0v) is 10.8. The highest BCUT2D eigenvalue weighted by atomic mass is 16.5. The summed E-state index contributed by atoms with van der Waals surface area (Å²) in [5.41, 5.74) is 0.609. The Morgan fingerprint density at radius 1 is 1.31 bits per heavy atom. The van der Waals surface area contributed by atoms with Crippen LogP contribution >= 0.6 is 0 Å². The fourth-order valence-corrected chi connectivity index (χ4v) is 1.35. The van der Waals surface area contributed by atoms with Crippen LogP contribution in [-0.2, 0) is 9.53 Å². The summed E-state index contributed by atoms with van der Waals surface area (Å²) in [5, 5.41) is 0. The molecule has 0 heterocycles. The maximum absolute atomic E-state index is 11.3. The van der Waals surface area contributed by atoms with Crippen molar-refractivity contribution in [3.8, 4) is 0 Å². The largest absolute Gasteiger partial charge is 0.462 e. The first kappa shape index (κ1) is 14.9. The molecule has 0 radical (unpaired) electrons. The van der Waals surface area contributed by atoms with Gasteiger partial charge in [-0.25, -0.2) is 4.79 Å². The van der Waals surface area contributed by atoms with Crippen molar-refractivity contribution in [1.29, 1.82) is 0 Å². The van der Waals surface area contributed by atoms with Crippen LogP contribution in [-0.4, -0.2) is 12.6 Å². The summed E-state index contributed by atoms with van der Waals surface area (Å²) in [6.07, 6.45) is 7.83. The number of carbonyl (C=O) groups excluding carboxylic acids is 1. The fourth-order valence-electron chi connectivity index (χ4n) is 1.35. The minimum absolute atomic E-state index is 0.233. The van der Waals surface area contributed by atoms with Crippen LogP contribution in [0.15, 0.2) is 24.3 Å².